The average Bonchev–Trinajstić information content (AvgIpc) is 2.38. The Morgan fingerprint density at radius 3 is 3.11 bits per heavy atom. The van der Waals surface area contributed by atoms with Crippen LogP contribution in [0.3, 0.4) is 0 Å². The third-order valence-electron chi connectivity index (χ3n) is 4.35. The molecule has 4 heteroatoms. The first-order valence-corrected chi connectivity index (χ1v) is 6.87. The molecule has 2 unspecified atom stereocenters. The number of anilines is 1. The van der Waals surface area contributed by atoms with Crippen molar-refractivity contribution in [2.45, 2.75) is 31.4 Å². The molecule has 1 aromatic rings. The summed E-state index contributed by atoms with van der Waals surface area (Å²) in [5.74, 6) is 0. The SMILES string of the molecule is CCC1(C2CCO2)CNCCN1c1cccnc1. The predicted molar refractivity (Wildman–Crippen MR) is 71.8 cm³/mol. The van der Waals surface area contributed by atoms with Crippen molar-refractivity contribution in [2.24, 2.45) is 0 Å². The molecule has 4 nitrogen and oxygen atoms in total. The largest absolute Gasteiger partial charge is 0.376 e. The van der Waals surface area contributed by atoms with Crippen molar-refractivity contribution < 1.29 is 4.74 Å². The zero-order valence-electron chi connectivity index (χ0n) is 10.9. The van der Waals surface area contributed by atoms with E-state index in [9.17, 15) is 0 Å². The van der Waals surface area contributed by atoms with Crippen LogP contribution in [0, 0.1) is 0 Å². The van der Waals surface area contributed by atoms with Crippen LogP contribution in [-0.2, 0) is 4.74 Å². The first-order valence-electron chi connectivity index (χ1n) is 6.87. The molecule has 0 spiro atoms. The molecule has 0 saturated carbocycles. The minimum atomic E-state index is 0.0968. The molecule has 1 N–H and O–H groups in total. The maximum absolute atomic E-state index is 5.81. The Morgan fingerprint density at radius 2 is 2.50 bits per heavy atom. The van der Waals surface area contributed by atoms with Gasteiger partial charge in [0.25, 0.3) is 0 Å². The lowest BCUT2D eigenvalue weighted by molar-refractivity contribution is -0.0996. The Bertz CT molecular complexity index is 393. The maximum Gasteiger partial charge on any atom is 0.0841 e. The lowest BCUT2D eigenvalue weighted by Crippen LogP contribution is -2.69. The van der Waals surface area contributed by atoms with Crippen LogP contribution >= 0.6 is 0 Å². The lowest BCUT2D eigenvalue weighted by atomic mass is 9.81. The van der Waals surface area contributed by atoms with Gasteiger partial charge >= 0.3 is 0 Å². The van der Waals surface area contributed by atoms with Crippen LogP contribution in [0.25, 0.3) is 0 Å². The quantitative estimate of drug-likeness (QED) is 0.877. The van der Waals surface area contributed by atoms with Crippen LogP contribution in [0.5, 0.6) is 0 Å². The van der Waals surface area contributed by atoms with Gasteiger partial charge in [-0.1, -0.05) is 6.92 Å². The smallest absolute Gasteiger partial charge is 0.0841 e. The van der Waals surface area contributed by atoms with Gasteiger partial charge in [0.1, 0.15) is 0 Å². The molecular formula is C14H21N3O. The van der Waals surface area contributed by atoms with E-state index in [1.807, 2.05) is 18.5 Å². The number of rotatable bonds is 3. The average molecular weight is 247 g/mol. The van der Waals surface area contributed by atoms with E-state index in [2.05, 4.69) is 28.2 Å². The second-order valence-electron chi connectivity index (χ2n) is 5.14. The molecule has 0 aliphatic carbocycles. The summed E-state index contributed by atoms with van der Waals surface area (Å²) >= 11 is 0. The standard InChI is InChI=1S/C14H21N3O/c1-2-14(13-5-9-18-13)11-16-7-8-17(14)12-4-3-6-15-10-12/h3-4,6,10,13,16H,2,5,7-9,11H2,1H3. The summed E-state index contributed by atoms with van der Waals surface area (Å²) < 4.78 is 5.81. The Balaban J connectivity index is 1.93. The third-order valence-corrected chi connectivity index (χ3v) is 4.35. The van der Waals surface area contributed by atoms with Gasteiger partial charge in [0, 0.05) is 32.4 Å². The minimum Gasteiger partial charge on any atom is -0.376 e. The number of nitrogens with one attached hydrogen (secondary N) is 1. The van der Waals surface area contributed by atoms with Gasteiger partial charge in [0.15, 0.2) is 0 Å². The van der Waals surface area contributed by atoms with Crippen LogP contribution in [0.2, 0.25) is 0 Å². The third kappa shape index (κ3) is 1.80. The van der Waals surface area contributed by atoms with Gasteiger partial charge in [-0.05, 0) is 25.0 Å². The maximum atomic E-state index is 5.81. The van der Waals surface area contributed by atoms with Gasteiger partial charge < -0.3 is 15.0 Å². The van der Waals surface area contributed by atoms with Crippen molar-refractivity contribution in [3.63, 3.8) is 0 Å². The molecule has 18 heavy (non-hydrogen) atoms. The molecule has 2 aliphatic heterocycles. The second kappa shape index (κ2) is 4.86. The Hall–Kier alpha value is -1.13. The highest BCUT2D eigenvalue weighted by molar-refractivity contribution is 5.49. The van der Waals surface area contributed by atoms with Gasteiger partial charge in [0.2, 0.25) is 0 Å². The first-order chi connectivity index (χ1) is 8.87. The second-order valence-corrected chi connectivity index (χ2v) is 5.14. The number of aromatic nitrogens is 1. The van der Waals surface area contributed by atoms with E-state index in [-0.39, 0.29) is 5.54 Å². The zero-order valence-corrected chi connectivity index (χ0v) is 10.9. The molecule has 0 amide bonds. The zero-order chi connectivity index (χ0) is 12.4. The molecule has 3 rings (SSSR count). The summed E-state index contributed by atoms with van der Waals surface area (Å²) in [7, 11) is 0. The summed E-state index contributed by atoms with van der Waals surface area (Å²) in [6.45, 7) is 6.23. The molecule has 1 aromatic heterocycles. The number of piperazine rings is 1. The Kier molecular flexibility index (Phi) is 3.22. The highest BCUT2D eigenvalue weighted by Gasteiger charge is 2.47. The monoisotopic (exact) mass is 247 g/mol. The predicted octanol–water partition coefficient (Wildman–Crippen LogP) is 1.43. The van der Waals surface area contributed by atoms with Crippen LogP contribution in [0.4, 0.5) is 5.69 Å². The summed E-state index contributed by atoms with van der Waals surface area (Å²) in [5.41, 5.74) is 1.32. The highest BCUT2D eigenvalue weighted by atomic mass is 16.5. The van der Waals surface area contributed by atoms with E-state index in [4.69, 9.17) is 4.74 Å². The van der Waals surface area contributed by atoms with Gasteiger partial charge in [-0.25, -0.2) is 0 Å². The molecule has 2 fully saturated rings. The summed E-state index contributed by atoms with van der Waals surface area (Å²) in [4.78, 5) is 6.76. The van der Waals surface area contributed by atoms with Crippen molar-refractivity contribution in [1.29, 1.82) is 0 Å². The summed E-state index contributed by atoms with van der Waals surface area (Å²) in [6.07, 6.45) is 6.43. The first kappa shape index (κ1) is 11.9. The molecular weight excluding hydrogens is 226 g/mol. The molecule has 2 saturated heterocycles. The minimum absolute atomic E-state index is 0.0968. The number of nitrogens with zero attached hydrogens (tertiary/aromatic N) is 2. The molecule has 3 heterocycles. The Morgan fingerprint density at radius 1 is 1.61 bits per heavy atom. The molecule has 2 atom stereocenters. The fourth-order valence-electron chi connectivity index (χ4n) is 3.20. The van der Waals surface area contributed by atoms with Gasteiger partial charge in [-0.15, -0.1) is 0 Å². The van der Waals surface area contributed by atoms with Crippen LogP contribution in [-0.4, -0.2) is 42.9 Å². The van der Waals surface area contributed by atoms with Gasteiger partial charge in [-0.3, -0.25) is 4.98 Å². The summed E-state index contributed by atoms with van der Waals surface area (Å²) in [5, 5.41) is 3.53. The highest BCUT2D eigenvalue weighted by Crippen LogP contribution is 2.36. The summed E-state index contributed by atoms with van der Waals surface area (Å²) in [6, 6.07) is 4.17. The van der Waals surface area contributed by atoms with Crippen molar-refractivity contribution in [1.82, 2.24) is 10.3 Å². The number of ether oxygens (including phenoxy) is 1. The van der Waals surface area contributed by atoms with E-state index in [0.29, 0.717) is 6.10 Å². The molecule has 0 bridgehead atoms. The van der Waals surface area contributed by atoms with Gasteiger partial charge in [0.05, 0.1) is 23.5 Å². The van der Waals surface area contributed by atoms with E-state index in [1.165, 1.54) is 12.1 Å². The van der Waals surface area contributed by atoms with Gasteiger partial charge in [-0.2, -0.15) is 0 Å². The topological polar surface area (TPSA) is 37.4 Å². The van der Waals surface area contributed by atoms with Crippen molar-refractivity contribution >= 4 is 5.69 Å². The fourth-order valence-corrected chi connectivity index (χ4v) is 3.20. The molecule has 98 valence electrons. The number of hydrogen-bond donors (Lipinski definition) is 1. The van der Waals surface area contributed by atoms with E-state index in [1.54, 1.807) is 0 Å². The molecule has 0 radical (unpaired) electrons. The fraction of sp³-hybridized carbons (Fsp3) is 0.643. The number of hydrogen-bond acceptors (Lipinski definition) is 4. The van der Waals surface area contributed by atoms with E-state index >= 15 is 0 Å². The van der Waals surface area contributed by atoms with Crippen LogP contribution in [0.15, 0.2) is 24.5 Å². The van der Waals surface area contributed by atoms with Crippen molar-refractivity contribution in [3.05, 3.63) is 24.5 Å². The number of pyridine rings is 1. The Labute approximate surface area is 108 Å². The van der Waals surface area contributed by atoms with Crippen molar-refractivity contribution in [3.8, 4) is 0 Å². The van der Waals surface area contributed by atoms with E-state index < -0.39 is 0 Å². The lowest BCUT2D eigenvalue weighted by Gasteiger charge is -2.54. The molecule has 0 aromatic carbocycles. The van der Waals surface area contributed by atoms with Crippen LogP contribution in [0.1, 0.15) is 19.8 Å². The van der Waals surface area contributed by atoms with E-state index in [0.717, 1.165) is 32.7 Å². The normalized spacial score (nSPS) is 32.1. The van der Waals surface area contributed by atoms with Crippen LogP contribution < -0.4 is 10.2 Å². The molecule has 2 aliphatic rings. The van der Waals surface area contributed by atoms with Crippen molar-refractivity contribution in [2.75, 3.05) is 31.1 Å².